The lowest BCUT2D eigenvalue weighted by atomic mass is 9.97. The van der Waals surface area contributed by atoms with Gasteiger partial charge in [0.1, 0.15) is 0 Å². The van der Waals surface area contributed by atoms with Crippen LogP contribution in [-0.4, -0.2) is 78.3 Å². The molecule has 5 heterocycles. The number of Topliss-reactive ketones (excluding diaryl/α,β-unsaturated/α-hetero) is 1. The number of hydrogen-bond donors (Lipinski definition) is 4. The number of aliphatic hydroxyl groups is 2. The molecule has 0 aliphatic carbocycles. The van der Waals surface area contributed by atoms with E-state index in [1.165, 1.54) is 21.8 Å². The predicted molar refractivity (Wildman–Crippen MR) is 190 cm³/mol. The second-order valence-corrected chi connectivity index (χ2v) is 15.0. The Morgan fingerprint density at radius 3 is 2.15 bits per heavy atom. The second kappa shape index (κ2) is 14.9. The summed E-state index contributed by atoms with van der Waals surface area (Å²) in [5, 5.41) is 28.9. The highest BCUT2D eigenvalue weighted by Crippen LogP contribution is 2.34. The zero-order valence-corrected chi connectivity index (χ0v) is 30.4. The fourth-order valence-electron chi connectivity index (χ4n) is 6.49. The van der Waals surface area contributed by atoms with Crippen molar-refractivity contribution in [3.05, 3.63) is 76.6 Å². The number of ketones is 1. The minimum atomic E-state index is -1.36. The lowest BCUT2D eigenvalue weighted by molar-refractivity contribution is -0.202. The molecular weight excluding hydrogens is 795 g/mol. The quantitative estimate of drug-likeness (QED) is 0.225. The van der Waals surface area contributed by atoms with Gasteiger partial charge in [-0.1, -0.05) is 23.2 Å². The van der Waals surface area contributed by atoms with Crippen LogP contribution >= 0.6 is 55.1 Å². The van der Waals surface area contributed by atoms with E-state index >= 15 is 0 Å². The van der Waals surface area contributed by atoms with Gasteiger partial charge in [0.25, 0.3) is 11.1 Å². The first-order valence-electron chi connectivity index (χ1n) is 15.7. The molecule has 2 aromatic heterocycles. The lowest BCUT2D eigenvalue weighted by Crippen LogP contribution is -2.46. The molecule has 256 valence electrons. The summed E-state index contributed by atoms with van der Waals surface area (Å²) in [5.41, 5.74) is 0.528. The zero-order chi connectivity index (χ0) is 34.2. The molecule has 48 heavy (non-hydrogen) atoms. The van der Waals surface area contributed by atoms with Gasteiger partial charge in [-0.3, -0.25) is 23.5 Å². The van der Waals surface area contributed by atoms with Crippen molar-refractivity contribution in [1.82, 2.24) is 29.7 Å². The van der Waals surface area contributed by atoms with Crippen molar-refractivity contribution in [2.45, 2.75) is 81.7 Å². The van der Waals surface area contributed by atoms with Crippen molar-refractivity contribution >= 4 is 82.7 Å². The Kier molecular flexibility index (Phi) is 11.0. The van der Waals surface area contributed by atoms with Crippen LogP contribution in [0.15, 0.2) is 55.5 Å². The topological polar surface area (TPSA) is 161 Å². The van der Waals surface area contributed by atoms with E-state index in [0.717, 1.165) is 32.4 Å². The first kappa shape index (κ1) is 35.6. The SMILES string of the molecule is O=C(C[C@H]1NCCC[C@@H]1O)Cn1cnc2cc(Br)c(Cl)cc2c1=O.O=c1c2cc(Cl)c(Br)cc2ncn1CC1(O)C[C@@H]2NCCC[C@@H]2O1. The van der Waals surface area contributed by atoms with Crippen LogP contribution < -0.4 is 21.8 Å². The summed E-state index contributed by atoms with van der Waals surface area (Å²) >= 11 is 18.7. The first-order valence-corrected chi connectivity index (χ1v) is 18.0. The van der Waals surface area contributed by atoms with Crippen molar-refractivity contribution in [3.8, 4) is 0 Å². The van der Waals surface area contributed by atoms with E-state index in [0.29, 0.717) is 53.6 Å². The van der Waals surface area contributed by atoms with Gasteiger partial charge in [0, 0.05) is 33.9 Å². The monoisotopic (exact) mass is 826 g/mol. The number of hydrogen-bond acceptors (Lipinski definition) is 10. The van der Waals surface area contributed by atoms with Crippen molar-refractivity contribution in [2.75, 3.05) is 13.1 Å². The molecule has 0 bridgehead atoms. The number of carbonyl (C=O) groups is 1. The fraction of sp³-hybridized carbons (Fsp3) is 0.469. The molecule has 12 nitrogen and oxygen atoms in total. The van der Waals surface area contributed by atoms with Crippen LogP contribution in [0.4, 0.5) is 0 Å². The number of ether oxygens (including phenoxy) is 1. The number of nitrogens with zero attached hydrogens (tertiary/aromatic N) is 4. The van der Waals surface area contributed by atoms with E-state index in [9.17, 15) is 24.6 Å². The summed E-state index contributed by atoms with van der Waals surface area (Å²) in [6, 6.07) is 6.41. The summed E-state index contributed by atoms with van der Waals surface area (Å²) in [4.78, 5) is 46.0. The molecule has 16 heteroatoms. The van der Waals surface area contributed by atoms with Crippen LogP contribution in [0, 0.1) is 0 Å². The summed E-state index contributed by atoms with van der Waals surface area (Å²) in [7, 11) is 0. The van der Waals surface area contributed by atoms with Crippen LogP contribution in [0.2, 0.25) is 10.0 Å². The predicted octanol–water partition coefficient (Wildman–Crippen LogP) is 3.93. The van der Waals surface area contributed by atoms with Gasteiger partial charge >= 0.3 is 0 Å². The Morgan fingerprint density at radius 2 is 1.52 bits per heavy atom. The maximum Gasteiger partial charge on any atom is 0.261 e. The van der Waals surface area contributed by atoms with Crippen molar-refractivity contribution in [2.24, 2.45) is 0 Å². The van der Waals surface area contributed by atoms with Crippen LogP contribution in [0.25, 0.3) is 21.8 Å². The highest BCUT2D eigenvalue weighted by molar-refractivity contribution is 9.10. The van der Waals surface area contributed by atoms with Crippen molar-refractivity contribution in [3.63, 3.8) is 0 Å². The maximum atomic E-state index is 12.7. The van der Waals surface area contributed by atoms with E-state index < -0.39 is 11.9 Å². The molecule has 7 rings (SSSR count). The summed E-state index contributed by atoms with van der Waals surface area (Å²) in [6.07, 6.45) is 6.48. The third kappa shape index (κ3) is 7.87. The van der Waals surface area contributed by atoms with E-state index in [-0.39, 0.29) is 54.6 Å². The number of piperidine rings is 2. The molecule has 5 atom stereocenters. The van der Waals surface area contributed by atoms with Gasteiger partial charge in [-0.2, -0.15) is 0 Å². The van der Waals surface area contributed by atoms with E-state index in [4.69, 9.17) is 27.9 Å². The Labute approximate surface area is 302 Å². The summed E-state index contributed by atoms with van der Waals surface area (Å²) < 4.78 is 9.86. The van der Waals surface area contributed by atoms with Gasteiger partial charge in [0.15, 0.2) is 11.6 Å². The molecule has 4 N–H and O–H groups in total. The number of aromatic nitrogens is 4. The molecule has 1 unspecified atom stereocenters. The molecule has 3 fully saturated rings. The fourth-order valence-corrected chi connectivity index (χ4v) is 7.48. The first-order chi connectivity index (χ1) is 22.9. The normalized spacial score (nSPS) is 25.5. The molecular formula is C32H34Br2Cl2N6O6. The molecule has 2 aromatic carbocycles. The number of carbonyl (C=O) groups excluding carboxylic acids is 1. The van der Waals surface area contributed by atoms with Crippen molar-refractivity contribution < 1.29 is 19.7 Å². The molecule has 0 saturated carbocycles. The van der Waals surface area contributed by atoms with E-state index in [1.54, 1.807) is 24.3 Å². The number of benzene rings is 2. The smallest absolute Gasteiger partial charge is 0.261 e. The van der Waals surface area contributed by atoms with Gasteiger partial charge in [-0.15, -0.1) is 0 Å². The summed E-state index contributed by atoms with van der Waals surface area (Å²) in [5.74, 6) is -1.48. The van der Waals surface area contributed by atoms with Gasteiger partial charge in [0.05, 0.1) is 69.8 Å². The minimum Gasteiger partial charge on any atom is -0.391 e. The molecule has 4 aromatic rings. The minimum absolute atomic E-state index is 0.00160. The van der Waals surface area contributed by atoms with Gasteiger partial charge in [0.2, 0.25) is 0 Å². The third-order valence-corrected chi connectivity index (χ3v) is 11.3. The van der Waals surface area contributed by atoms with Gasteiger partial charge < -0.3 is 25.6 Å². The Hall–Kier alpha value is -2.27. The third-order valence-electron chi connectivity index (χ3n) is 8.92. The average molecular weight is 829 g/mol. The molecule has 3 aliphatic rings. The van der Waals surface area contributed by atoms with Crippen LogP contribution in [0.5, 0.6) is 0 Å². The molecule has 0 amide bonds. The number of halogens is 4. The highest BCUT2D eigenvalue weighted by Gasteiger charge is 2.46. The second-order valence-electron chi connectivity index (χ2n) is 12.4. The van der Waals surface area contributed by atoms with E-state index in [1.807, 2.05) is 0 Å². The van der Waals surface area contributed by atoms with Crippen LogP contribution in [0.1, 0.15) is 38.5 Å². The van der Waals surface area contributed by atoms with Crippen LogP contribution in [-0.2, 0) is 22.6 Å². The average Bonchev–Trinajstić information content (AvgIpc) is 3.39. The Bertz CT molecular complexity index is 1960. The maximum absolute atomic E-state index is 12.7. The Balaban J connectivity index is 0.000000167. The highest BCUT2D eigenvalue weighted by atomic mass is 79.9. The van der Waals surface area contributed by atoms with Gasteiger partial charge in [-0.25, -0.2) is 9.97 Å². The van der Waals surface area contributed by atoms with E-state index in [2.05, 4.69) is 52.5 Å². The number of aliphatic hydroxyl groups excluding tert-OH is 1. The van der Waals surface area contributed by atoms with Crippen LogP contribution in [0.3, 0.4) is 0 Å². The number of nitrogens with one attached hydrogen (secondary N) is 2. The standard InChI is InChI=1S/2C16H17BrClN3O3/c17-10-5-12-9(4-11(10)18)15(22)21(8-20-12)7-16(23)6-13-14(24-16)2-1-3-19-13;17-11-6-13-10(5-12(11)18)16(24)21(8-20-13)7-9(22)4-14-15(23)2-1-3-19-14/h4-5,8,13-14,19,23H,1-3,6-7H2;5-6,8,14-15,19,23H,1-4,7H2/t13-,14-,16?;14-,15+/m01/s1. The molecule has 3 aliphatic heterocycles. The largest absolute Gasteiger partial charge is 0.391 e. The van der Waals surface area contributed by atoms with Gasteiger partial charge in [-0.05, 0) is 94.9 Å². The number of rotatable bonds is 6. The lowest BCUT2D eigenvalue weighted by Gasteiger charge is -2.28. The summed E-state index contributed by atoms with van der Waals surface area (Å²) in [6.45, 7) is 1.71. The Morgan fingerprint density at radius 1 is 0.938 bits per heavy atom. The zero-order valence-electron chi connectivity index (χ0n) is 25.7. The van der Waals surface area contributed by atoms with Crippen molar-refractivity contribution in [1.29, 1.82) is 0 Å². The number of fused-ring (bicyclic) bond motifs is 3. The molecule has 0 spiro atoms. The molecule has 0 radical (unpaired) electrons. The molecule has 3 saturated heterocycles.